The monoisotopic (exact) mass is 205 g/mol. The molecule has 0 unspecified atom stereocenters. The molecular weight excluding hydrogens is 197 g/mol. The van der Waals surface area contributed by atoms with E-state index in [1.54, 1.807) is 6.07 Å². The van der Waals surface area contributed by atoms with Crippen LogP contribution in [0, 0.1) is 5.82 Å². The van der Waals surface area contributed by atoms with Crippen LogP contribution in [-0.4, -0.2) is 15.1 Å². The number of aromatic nitrogens is 2. The first kappa shape index (κ1) is 9.39. The molecule has 3 N–H and O–H groups in total. The Balaban J connectivity index is 2.45. The fraction of sp³-hybridized carbons (Fsp3) is 0. The smallest absolute Gasteiger partial charge is 0.219 e. The summed E-state index contributed by atoms with van der Waals surface area (Å²) in [6.45, 7) is 0. The van der Waals surface area contributed by atoms with Gasteiger partial charge in [0.1, 0.15) is 0 Å². The molecular formula is C10H8FN3O. The predicted octanol–water partition coefficient (Wildman–Crippen LogP) is 1.57. The number of hydrogen-bond acceptors (Lipinski definition) is 4. The third kappa shape index (κ3) is 1.85. The summed E-state index contributed by atoms with van der Waals surface area (Å²) >= 11 is 0. The quantitative estimate of drug-likeness (QED) is 0.741. The average Bonchev–Trinajstić information content (AvgIpc) is 2.23. The molecule has 0 fully saturated rings. The van der Waals surface area contributed by atoms with Gasteiger partial charge in [-0.25, -0.2) is 14.4 Å². The Labute approximate surface area is 85.2 Å². The number of benzene rings is 1. The van der Waals surface area contributed by atoms with E-state index in [4.69, 9.17) is 10.8 Å². The number of rotatable bonds is 1. The Kier molecular flexibility index (Phi) is 2.21. The van der Waals surface area contributed by atoms with E-state index < -0.39 is 5.82 Å². The van der Waals surface area contributed by atoms with Crippen molar-refractivity contribution in [1.29, 1.82) is 0 Å². The number of halogens is 1. The van der Waals surface area contributed by atoms with Crippen molar-refractivity contribution in [1.82, 2.24) is 9.97 Å². The van der Waals surface area contributed by atoms with Crippen LogP contribution >= 0.6 is 0 Å². The van der Waals surface area contributed by atoms with Crippen LogP contribution in [0.2, 0.25) is 0 Å². The lowest BCUT2D eigenvalue weighted by Gasteiger charge is -2.02. The summed E-state index contributed by atoms with van der Waals surface area (Å²) in [4.78, 5) is 7.58. The molecule has 1 heterocycles. The number of nitrogens with two attached hydrogens (primary N) is 1. The maximum atomic E-state index is 13.0. The standard InChI is InChI=1S/C10H8FN3O/c11-8-3-6(1-2-9(8)15)7-4-13-10(12)14-5-7/h1-5,15H,(H2,12,13,14). The van der Waals surface area contributed by atoms with E-state index in [1.165, 1.54) is 24.5 Å². The van der Waals surface area contributed by atoms with Crippen LogP contribution in [0.25, 0.3) is 11.1 Å². The first-order valence-electron chi connectivity index (χ1n) is 4.23. The Hall–Kier alpha value is -2.17. The van der Waals surface area contributed by atoms with Gasteiger partial charge in [-0.1, -0.05) is 6.07 Å². The molecule has 0 aliphatic rings. The van der Waals surface area contributed by atoms with E-state index >= 15 is 0 Å². The van der Waals surface area contributed by atoms with Crippen molar-refractivity contribution in [2.75, 3.05) is 5.73 Å². The number of anilines is 1. The van der Waals surface area contributed by atoms with E-state index in [0.717, 1.165) is 0 Å². The molecule has 0 spiro atoms. The van der Waals surface area contributed by atoms with Gasteiger partial charge in [-0.2, -0.15) is 0 Å². The predicted molar refractivity (Wildman–Crippen MR) is 53.5 cm³/mol. The highest BCUT2D eigenvalue weighted by Gasteiger charge is 2.04. The summed E-state index contributed by atoms with van der Waals surface area (Å²) in [6, 6.07) is 4.07. The largest absolute Gasteiger partial charge is 0.505 e. The number of hydrogen-bond donors (Lipinski definition) is 2. The zero-order valence-corrected chi connectivity index (χ0v) is 7.68. The Morgan fingerprint density at radius 2 is 1.80 bits per heavy atom. The van der Waals surface area contributed by atoms with Gasteiger partial charge >= 0.3 is 0 Å². The van der Waals surface area contributed by atoms with Crippen LogP contribution in [0.1, 0.15) is 0 Å². The van der Waals surface area contributed by atoms with E-state index in [-0.39, 0.29) is 11.7 Å². The van der Waals surface area contributed by atoms with Crippen molar-refractivity contribution in [3.63, 3.8) is 0 Å². The highest BCUT2D eigenvalue weighted by atomic mass is 19.1. The lowest BCUT2D eigenvalue weighted by molar-refractivity contribution is 0.432. The topological polar surface area (TPSA) is 72.0 Å². The molecule has 2 aromatic rings. The van der Waals surface area contributed by atoms with Gasteiger partial charge in [-0.3, -0.25) is 0 Å². The number of aromatic hydroxyl groups is 1. The van der Waals surface area contributed by atoms with Gasteiger partial charge in [0.25, 0.3) is 0 Å². The molecule has 0 aliphatic heterocycles. The fourth-order valence-electron chi connectivity index (χ4n) is 1.17. The number of nitrogens with zero attached hydrogens (tertiary/aromatic N) is 2. The lowest BCUT2D eigenvalue weighted by atomic mass is 10.1. The third-order valence-corrected chi connectivity index (χ3v) is 1.95. The van der Waals surface area contributed by atoms with E-state index in [0.29, 0.717) is 11.1 Å². The lowest BCUT2D eigenvalue weighted by Crippen LogP contribution is -1.93. The minimum absolute atomic E-state index is 0.165. The van der Waals surface area contributed by atoms with Crippen LogP contribution in [0.3, 0.4) is 0 Å². The van der Waals surface area contributed by atoms with Crippen LogP contribution in [0.15, 0.2) is 30.6 Å². The second-order valence-corrected chi connectivity index (χ2v) is 3.00. The van der Waals surface area contributed by atoms with Gasteiger partial charge in [-0.05, 0) is 17.7 Å². The summed E-state index contributed by atoms with van der Waals surface area (Å²) in [6.07, 6.45) is 2.99. The first-order valence-corrected chi connectivity index (χ1v) is 4.23. The molecule has 1 aromatic heterocycles. The van der Waals surface area contributed by atoms with Crippen molar-refractivity contribution in [2.24, 2.45) is 0 Å². The molecule has 0 saturated heterocycles. The molecule has 0 bridgehead atoms. The summed E-state index contributed by atoms with van der Waals surface area (Å²) in [5.41, 5.74) is 6.55. The molecule has 4 nitrogen and oxygen atoms in total. The Morgan fingerprint density at radius 3 is 2.40 bits per heavy atom. The second kappa shape index (κ2) is 3.53. The van der Waals surface area contributed by atoms with E-state index in [2.05, 4.69) is 9.97 Å². The minimum Gasteiger partial charge on any atom is -0.505 e. The van der Waals surface area contributed by atoms with E-state index in [9.17, 15) is 4.39 Å². The van der Waals surface area contributed by atoms with Gasteiger partial charge in [0.15, 0.2) is 11.6 Å². The van der Waals surface area contributed by atoms with Gasteiger partial charge in [0.05, 0.1) is 0 Å². The maximum Gasteiger partial charge on any atom is 0.219 e. The zero-order valence-electron chi connectivity index (χ0n) is 7.68. The average molecular weight is 205 g/mol. The van der Waals surface area contributed by atoms with Gasteiger partial charge in [0, 0.05) is 18.0 Å². The molecule has 2 rings (SSSR count). The molecule has 15 heavy (non-hydrogen) atoms. The number of phenolic OH excluding ortho intramolecular Hbond substituents is 1. The fourth-order valence-corrected chi connectivity index (χ4v) is 1.17. The van der Waals surface area contributed by atoms with Crippen molar-refractivity contribution >= 4 is 5.95 Å². The van der Waals surface area contributed by atoms with E-state index in [1.807, 2.05) is 0 Å². The molecule has 0 saturated carbocycles. The SMILES string of the molecule is Nc1ncc(-c2ccc(O)c(F)c2)cn1. The molecule has 0 radical (unpaired) electrons. The molecule has 0 aliphatic carbocycles. The van der Waals surface area contributed by atoms with Gasteiger partial charge < -0.3 is 10.8 Å². The molecule has 0 atom stereocenters. The Morgan fingerprint density at radius 1 is 1.13 bits per heavy atom. The van der Waals surface area contributed by atoms with Crippen LogP contribution < -0.4 is 5.73 Å². The Bertz CT molecular complexity index is 485. The summed E-state index contributed by atoms with van der Waals surface area (Å²) < 4.78 is 13.0. The molecule has 76 valence electrons. The van der Waals surface area contributed by atoms with Crippen molar-refractivity contribution in [3.05, 3.63) is 36.4 Å². The number of nitrogen functional groups attached to an aromatic ring is 1. The third-order valence-electron chi connectivity index (χ3n) is 1.95. The molecule has 5 heteroatoms. The maximum absolute atomic E-state index is 13.0. The van der Waals surface area contributed by atoms with Gasteiger partial charge in [0.2, 0.25) is 5.95 Å². The van der Waals surface area contributed by atoms with Crippen LogP contribution in [0.5, 0.6) is 5.75 Å². The number of phenols is 1. The van der Waals surface area contributed by atoms with Gasteiger partial charge in [-0.15, -0.1) is 0 Å². The molecule has 1 aromatic carbocycles. The zero-order chi connectivity index (χ0) is 10.8. The van der Waals surface area contributed by atoms with Crippen molar-refractivity contribution < 1.29 is 9.50 Å². The summed E-state index contributed by atoms with van der Waals surface area (Å²) in [5.74, 6) is -0.891. The highest BCUT2D eigenvalue weighted by Crippen LogP contribution is 2.23. The second-order valence-electron chi connectivity index (χ2n) is 3.00. The minimum atomic E-state index is -0.677. The molecule has 0 amide bonds. The van der Waals surface area contributed by atoms with Crippen LogP contribution in [-0.2, 0) is 0 Å². The van der Waals surface area contributed by atoms with Crippen molar-refractivity contribution in [2.45, 2.75) is 0 Å². The first-order chi connectivity index (χ1) is 7.16. The summed E-state index contributed by atoms with van der Waals surface area (Å²) in [5, 5.41) is 9.01. The highest BCUT2D eigenvalue weighted by molar-refractivity contribution is 5.62. The van der Waals surface area contributed by atoms with Crippen LogP contribution in [0.4, 0.5) is 10.3 Å². The normalized spacial score (nSPS) is 10.2. The summed E-state index contributed by atoms with van der Waals surface area (Å²) in [7, 11) is 0. The van der Waals surface area contributed by atoms with Crippen molar-refractivity contribution in [3.8, 4) is 16.9 Å².